The second-order valence-corrected chi connectivity index (χ2v) is 12.6. The lowest BCUT2D eigenvalue weighted by Crippen LogP contribution is -2.32. The van der Waals surface area contributed by atoms with Crippen LogP contribution in [0.15, 0.2) is 140 Å². The van der Waals surface area contributed by atoms with Crippen molar-refractivity contribution in [2.45, 2.75) is 17.8 Å². The molecule has 0 N–H and O–H groups in total. The van der Waals surface area contributed by atoms with Gasteiger partial charge in [-0.05, 0) is 58.7 Å². The third kappa shape index (κ3) is 4.81. The van der Waals surface area contributed by atoms with Crippen LogP contribution in [0, 0.1) is 0 Å². The predicted molar refractivity (Wildman–Crippen MR) is 184 cm³/mol. The lowest BCUT2D eigenvalue weighted by atomic mass is 9.66. The van der Waals surface area contributed by atoms with Crippen molar-refractivity contribution in [1.29, 1.82) is 0 Å². The first-order valence-corrected chi connectivity index (χ1v) is 16.3. The molecule has 10 heteroatoms. The van der Waals surface area contributed by atoms with Crippen LogP contribution in [-0.2, 0) is 17.8 Å². The number of ether oxygens (including phenoxy) is 1. The summed E-state index contributed by atoms with van der Waals surface area (Å²) in [5.41, 5.74) is 4.33. The standard InChI is InChI=1S/C42H23F6N3O/c43-41(44,45)26-20-16-24(17-21-26)37-49-38(25-18-22-27(23-19-25)42(46,47)48)51-39(50-37)29-9-7-13-33-36(29)28-8-1-2-10-30(28)40(33)31-11-3-5-14-34(31)52-35-15-6-4-12-32(35)40/h1-23H. The number of para-hydroxylation sites is 2. The Morgan fingerprint density at radius 3 is 1.35 bits per heavy atom. The Bertz CT molecular complexity index is 2400. The van der Waals surface area contributed by atoms with Crippen molar-refractivity contribution >= 4 is 0 Å². The van der Waals surface area contributed by atoms with Crippen LogP contribution in [0.3, 0.4) is 0 Å². The number of rotatable bonds is 3. The predicted octanol–water partition coefficient (Wildman–Crippen LogP) is 11.4. The summed E-state index contributed by atoms with van der Waals surface area (Å²) in [4.78, 5) is 14.2. The molecule has 1 aromatic heterocycles. The summed E-state index contributed by atoms with van der Waals surface area (Å²) >= 11 is 0. The first-order chi connectivity index (χ1) is 25.0. The smallest absolute Gasteiger partial charge is 0.416 e. The van der Waals surface area contributed by atoms with E-state index in [-0.39, 0.29) is 28.6 Å². The Hall–Kier alpha value is -6.29. The number of benzene rings is 6. The summed E-state index contributed by atoms with van der Waals surface area (Å²) < 4.78 is 87.2. The molecule has 0 radical (unpaired) electrons. The number of alkyl halides is 6. The zero-order chi connectivity index (χ0) is 35.8. The molecule has 0 atom stereocenters. The van der Waals surface area contributed by atoms with Gasteiger partial charge in [0.25, 0.3) is 0 Å². The fraction of sp³-hybridized carbons (Fsp3) is 0.0714. The summed E-state index contributed by atoms with van der Waals surface area (Å²) in [5.74, 6) is 1.76. The van der Waals surface area contributed by atoms with Gasteiger partial charge in [-0.1, -0.05) is 103 Å². The summed E-state index contributed by atoms with van der Waals surface area (Å²) in [5, 5.41) is 0. The molecule has 0 saturated carbocycles. The van der Waals surface area contributed by atoms with Gasteiger partial charge in [-0.3, -0.25) is 0 Å². The zero-order valence-corrected chi connectivity index (χ0v) is 26.8. The van der Waals surface area contributed by atoms with Crippen LogP contribution in [0.25, 0.3) is 45.3 Å². The molecule has 1 aliphatic carbocycles. The maximum Gasteiger partial charge on any atom is 0.416 e. The number of aromatic nitrogens is 3. The maximum atomic E-state index is 13.5. The highest BCUT2D eigenvalue weighted by atomic mass is 19.4. The van der Waals surface area contributed by atoms with Crippen molar-refractivity contribution in [3.63, 3.8) is 0 Å². The summed E-state index contributed by atoms with van der Waals surface area (Å²) in [6, 6.07) is 38.5. The normalized spacial score (nSPS) is 13.9. The van der Waals surface area contributed by atoms with E-state index >= 15 is 0 Å². The van der Waals surface area contributed by atoms with Crippen LogP contribution in [0.2, 0.25) is 0 Å². The van der Waals surface area contributed by atoms with Crippen LogP contribution in [-0.4, -0.2) is 15.0 Å². The molecular weight excluding hydrogens is 676 g/mol. The van der Waals surface area contributed by atoms with Crippen molar-refractivity contribution in [2.24, 2.45) is 0 Å². The Labute approximate surface area is 293 Å². The number of hydrogen-bond acceptors (Lipinski definition) is 4. The molecule has 2 heterocycles. The van der Waals surface area contributed by atoms with E-state index in [9.17, 15) is 26.3 Å². The van der Waals surface area contributed by atoms with Gasteiger partial charge in [-0.2, -0.15) is 26.3 Å². The van der Waals surface area contributed by atoms with Crippen molar-refractivity contribution in [3.8, 4) is 56.8 Å². The van der Waals surface area contributed by atoms with Gasteiger partial charge < -0.3 is 4.74 Å². The van der Waals surface area contributed by atoms with E-state index in [0.717, 1.165) is 57.6 Å². The molecule has 1 aliphatic heterocycles. The minimum atomic E-state index is -4.55. The zero-order valence-electron chi connectivity index (χ0n) is 26.8. The van der Waals surface area contributed by atoms with Crippen LogP contribution in [0.5, 0.6) is 11.5 Å². The minimum Gasteiger partial charge on any atom is -0.457 e. The lowest BCUT2D eigenvalue weighted by molar-refractivity contribution is -0.138. The van der Waals surface area contributed by atoms with E-state index in [4.69, 9.17) is 14.7 Å². The fourth-order valence-corrected chi connectivity index (χ4v) is 7.46. The van der Waals surface area contributed by atoms with Crippen molar-refractivity contribution in [1.82, 2.24) is 15.0 Å². The van der Waals surface area contributed by atoms with Gasteiger partial charge in [-0.15, -0.1) is 0 Å². The SMILES string of the molecule is FC(F)(F)c1ccc(-c2nc(-c3ccc(C(F)(F)F)cc3)nc(-c3cccc4c3-c3ccccc3C43c4ccccc4Oc4ccccc43)n2)cc1. The molecule has 7 aromatic rings. The highest BCUT2D eigenvalue weighted by Gasteiger charge is 2.51. The molecule has 0 unspecified atom stereocenters. The van der Waals surface area contributed by atoms with Gasteiger partial charge in [-0.25, -0.2) is 15.0 Å². The first-order valence-electron chi connectivity index (χ1n) is 16.3. The number of nitrogens with zero attached hydrogens (tertiary/aromatic N) is 3. The molecule has 4 nitrogen and oxygen atoms in total. The Morgan fingerprint density at radius 1 is 0.404 bits per heavy atom. The van der Waals surface area contributed by atoms with Gasteiger partial charge >= 0.3 is 12.4 Å². The molecule has 0 bridgehead atoms. The van der Waals surface area contributed by atoms with Gasteiger partial charge in [0.1, 0.15) is 11.5 Å². The topological polar surface area (TPSA) is 47.9 Å². The third-order valence-corrected chi connectivity index (χ3v) is 9.69. The molecule has 2 aliphatic rings. The Kier molecular flexibility index (Phi) is 6.92. The summed E-state index contributed by atoms with van der Waals surface area (Å²) in [6.45, 7) is 0. The monoisotopic (exact) mass is 699 g/mol. The number of fused-ring (bicyclic) bond motifs is 9. The number of halogens is 6. The third-order valence-electron chi connectivity index (χ3n) is 9.69. The molecule has 0 amide bonds. The summed E-state index contributed by atoms with van der Waals surface area (Å²) in [6.07, 6.45) is -9.10. The molecule has 9 rings (SSSR count). The molecular formula is C42H23F6N3O. The second kappa shape index (κ2) is 11.4. The summed E-state index contributed by atoms with van der Waals surface area (Å²) in [7, 11) is 0. The molecule has 0 fully saturated rings. The van der Waals surface area contributed by atoms with Crippen LogP contribution >= 0.6 is 0 Å². The Balaban J connectivity index is 1.31. The van der Waals surface area contributed by atoms with Gasteiger partial charge in [0.15, 0.2) is 17.5 Å². The van der Waals surface area contributed by atoms with Gasteiger partial charge in [0, 0.05) is 27.8 Å². The number of hydrogen-bond donors (Lipinski definition) is 0. The van der Waals surface area contributed by atoms with E-state index in [2.05, 4.69) is 29.2 Å². The van der Waals surface area contributed by atoms with Crippen LogP contribution in [0.1, 0.15) is 33.4 Å². The second-order valence-electron chi connectivity index (χ2n) is 12.6. The van der Waals surface area contributed by atoms with Gasteiger partial charge in [0.2, 0.25) is 0 Å². The average Bonchev–Trinajstić information content (AvgIpc) is 3.45. The van der Waals surface area contributed by atoms with E-state index in [1.54, 1.807) is 0 Å². The minimum absolute atomic E-state index is 0.0639. The fourth-order valence-electron chi connectivity index (χ4n) is 7.46. The van der Waals surface area contributed by atoms with Crippen molar-refractivity contribution < 1.29 is 31.1 Å². The highest BCUT2D eigenvalue weighted by Crippen LogP contribution is 2.63. The molecule has 6 aromatic carbocycles. The van der Waals surface area contributed by atoms with E-state index in [1.165, 1.54) is 24.3 Å². The molecule has 0 saturated heterocycles. The van der Waals surface area contributed by atoms with Crippen molar-refractivity contribution in [3.05, 3.63) is 173 Å². The Morgan fingerprint density at radius 2 is 0.827 bits per heavy atom. The van der Waals surface area contributed by atoms with Crippen LogP contribution in [0.4, 0.5) is 26.3 Å². The van der Waals surface area contributed by atoms with E-state index in [0.29, 0.717) is 17.1 Å². The quantitative estimate of drug-likeness (QED) is 0.172. The highest BCUT2D eigenvalue weighted by molar-refractivity contribution is 5.95. The molecule has 254 valence electrons. The molecule has 52 heavy (non-hydrogen) atoms. The van der Waals surface area contributed by atoms with E-state index < -0.39 is 28.9 Å². The van der Waals surface area contributed by atoms with Crippen molar-refractivity contribution in [2.75, 3.05) is 0 Å². The van der Waals surface area contributed by atoms with E-state index in [1.807, 2.05) is 66.7 Å². The largest absolute Gasteiger partial charge is 0.457 e. The first kappa shape index (κ1) is 31.7. The van der Waals surface area contributed by atoms with Crippen LogP contribution < -0.4 is 4.74 Å². The van der Waals surface area contributed by atoms with Gasteiger partial charge in [0.05, 0.1) is 16.5 Å². The lowest BCUT2D eigenvalue weighted by Gasteiger charge is -2.39. The average molecular weight is 700 g/mol. The maximum absolute atomic E-state index is 13.5. The molecule has 1 spiro atoms.